The number of allylic oxidation sites excluding steroid dienone is 2. The molecular formula is C23H20O2S. The first-order chi connectivity index (χ1) is 12.8. The number of ether oxygens (including phenoxy) is 1. The molecule has 26 heavy (non-hydrogen) atoms. The van der Waals surface area contributed by atoms with Crippen LogP contribution in [0, 0.1) is 0 Å². The van der Waals surface area contributed by atoms with Gasteiger partial charge >= 0.3 is 0 Å². The highest BCUT2D eigenvalue weighted by atomic mass is 32.3. The van der Waals surface area contributed by atoms with Crippen LogP contribution in [0.1, 0.15) is 5.56 Å². The smallest absolute Gasteiger partial charge is 0.143 e. The molecule has 3 aromatic rings. The zero-order valence-corrected chi connectivity index (χ0v) is 15.4. The van der Waals surface area contributed by atoms with Crippen molar-refractivity contribution in [1.82, 2.24) is 0 Å². The zero-order valence-electron chi connectivity index (χ0n) is 14.5. The molecule has 1 heterocycles. The summed E-state index contributed by atoms with van der Waals surface area (Å²) in [5, 5.41) is 2.19. The summed E-state index contributed by atoms with van der Waals surface area (Å²) in [6, 6.07) is 28.8. The van der Waals surface area contributed by atoms with Crippen molar-refractivity contribution >= 4 is 16.1 Å². The minimum atomic E-state index is -1.78. The molecule has 2 nitrogen and oxygen atoms in total. The molecule has 0 aliphatic carbocycles. The van der Waals surface area contributed by atoms with Crippen molar-refractivity contribution in [3.63, 3.8) is 0 Å². The van der Waals surface area contributed by atoms with Crippen LogP contribution in [0.15, 0.2) is 112 Å². The second kappa shape index (κ2) is 7.14. The Bertz CT molecular complexity index is 931. The molecule has 4 rings (SSSR count). The molecule has 3 heteroatoms. The summed E-state index contributed by atoms with van der Waals surface area (Å²) in [5.41, 5.74) is 1.08. The van der Waals surface area contributed by atoms with E-state index in [9.17, 15) is 0 Å². The lowest BCUT2D eigenvalue weighted by Gasteiger charge is -2.40. The fraction of sp³-hybridized carbons (Fsp3) is 0.0435. The molecule has 1 unspecified atom stereocenters. The summed E-state index contributed by atoms with van der Waals surface area (Å²) in [6.07, 6.45) is 4.14. The van der Waals surface area contributed by atoms with Gasteiger partial charge in [0.2, 0.25) is 0 Å². The highest BCUT2D eigenvalue weighted by Crippen LogP contribution is 2.67. The average Bonchev–Trinajstić information content (AvgIpc) is 2.75. The average molecular weight is 360 g/mol. The quantitative estimate of drug-likeness (QED) is 0.534. The van der Waals surface area contributed by atoms with Crippen molar-refractivity contribution < 1.29 is 8.92 Å². The Morgan fingerprint density at radius 2 is 1.35 bits per heavy atom. The van der Waals surface area contributed by atoms with E-state index in [1.165, 1.54) is 4.90 Å². The standard InChI is InChI=1S/C23H20O2S/c1-24-20-14-16-22(17-15-20)26(21-11-6-3-7-12-21)18-8-13-23(25-26)19-9-4-2-5-10-19/h2-18H,1H3. The molecule has 1 atom stereocenters. The Labute approximate surface area is 155 Å². The van der Waals surface area contributed by atoms with Gasteiger partial charge < -0.3 is 8.92 Å². The summed E-state index contributed by atoms with van der Waals surface area (Å²) in [5.74, 6) is 1.73. The van der Waals surface area contributed by atoms with Crippen molar-refractivity contribution in [2.24, 2.45) is 0 Å². The van der Waals surface area contributed by atoms with Gasteiger partial charge in [-0.15, -0.1) is 0 Å². The Balaban J connectivity index is 1.82. The minimum Gasteiger partial charge on any atom is -0.497 e. The van der Waals surface area contributed by atoms with E-state index in [0.29, 0.717) is 0 Å². The Hall–Kier alpha value is -2.91. The topological polar surface area (TPSA) is 18.5 Å². The molecule has 0 N–H and O–H groups in total. The number of hydrogen-bond acceptors (Lipinski definition) is 2. The van der Waals surface area contributed by atoms with Gasteiger partial charge in [-0.05, 0) is 64.3 Å². The molecule has 1 aliphatic rings. The molecule has 0 spiro atoms. The van der Waals surface area contributed by atoms with E-state index >= 15 is 0 Å². The first-order valence-corrected chi connectivity index (χ1v) is 10.1. The summed E-state index contributed by atoms with van der Waals surface area (Å²) in [6.45, 7) is 0. The lowest BCUT2D eigenvalue weighted by atomic mass is 10.2. The largest absolute Gasteiger partial charge is 0.497 e. The van der Waals surface area contributed by atoms with E-state index in [1.807, 2.05) is 42.5 Å². The van der Waals surface area contributed by atoms with Crippen molar-refractivity contribution in [3.05, 3.63) is 108 Å². The SMILES string of the molecule is COc1ccc(S2(c3ccccc3)C=CC=C(c3ccccc3)O2)cc1. The lowest BCUT2D eigenvalue weighted by molar-refractivity contribution is 0.414. The van der Waals surface area contributed by atoms with Crippen LogP contribution < -0.4 is 4.74 Å². The fourth-order valence-corrected chi connectivity index (χ4v) is 5.64. The number of rotatable bonds is 4. The first kappa shape index (κ1) is 16.6. The molecule has 0 fully saturated rings. The van der Waals surface area contributed by atoms with E-state index in [0.717, 1.165) is 22.0 Å². The Morgan fingerprint density at radius 1 is 0.731 bits per heavy atom. The molecule has 0 amide bonds. The second-order valence-electron chi connectivity index (χ2n) is 5.90. The predicted octanol–water partition coefficient (Wildman–Crippen LogP) is 6.42. The van der Waals surface area contributed by atoms with Crippen LogP contribution in [0.2, 0.25) is 0 Å². The van der Waals surface area contributed by atoms with E-state index in [2.05, 4.69) is 60.0 Å². The van der Waals surface area contributed by atoms with Gasteiger partial charge in [-0.2, -0.15) is 0 Å². The molecular weight excluding hydrogens is 340 g/mol. The molecule has 130 valence electrons. The van der Waals surface area contributed by atoms with Crippen LogP contribution in [0.3, 0.4) is 0 Å². The van der Waals surface area contributed by atoms with E-state index in [4.69, 9.17) is 8.92 Å². The van der Waals surface area contributed by atoms with Gasteiger partial charge in [-0.25, -0.2) is 0 Å². The third-order valence-electron chi connectivity index (χ3n) is 4.30. The van der Waals surface area contributed by atoms with E-state index in [1.54, 1.807) is 7.11 Å². The summed E-state index contributed by atoms with van der Waals surface area (Å²) >= 11 is 0. The Kier molecular flexibility index (Phi) is 4.55. The van der Waals surface area contributed by atoms with Crippen LogP contribution in [-0.2, 0) is 4.18 Å². The van der Waals surface area contributed by atoms with Gasteiger partial charge in [0.05, 0.1) is 7.11 Å². The molecule has 0 saturated heterocycles. The van der Waals surface area contributed by atoms with Gasteiger partial charge in [-0.3, -0.25) is 0 Å². The summed E-state index contributed by atoms with van der Waals surface area (Å²) in [7, 11) is -0.0991. The van der Waals surface area contributed by atoms with Crippen LogP contribution in [-0.4, -0.2) is 7.11 Å². The summed E-state index contributed by atoms with van der Waals surface area (Å²) < 4.78 is 12.0. The zero-order chi connectivity index (χ0) is 17.8. The maximum Gasteiger partial charge on any atom is 0.143 e. The fourth-order valence-electron chi connectivity index (χ4n) is 2.97. The van der Waals surface area contributed by atoms with Gasteiger partial charge in [0.25, 0.3) is 0 Å². The molecule has 0 saturated carbocycles. The normalized spacial score (nSPS) is 21.2. The lowest BCUT2D eigenvalue weighted by Crippen LogP contribution is -2.06. The van der Waals surface area contributed by atoms with E-state index in [-0.39, 0.29) is 0 Å². The molecule has 0 radical (unpaired) electrons. The van der Waals surface area contributed by atoms with Crippen molar-refractivity contribution in [2.45, 2.75) is 9.79 Å². The maximum absolute atomic E-state index is 6.72. The summed E-state index contributed by atoms with van der Waals surface area (Å²) in [4.78, 5) is 2.31. The third kappa shape index (κ3) is 3.02. The van der Waals surface area contributed by atoms with E-state index < -0.39 is 10.3 Å². The maximum atomic E-state index is 6.72. The highest BCUT2D eigenvalue weighted by molar-refractivity contribution is 8.32. The van der Waals surface area contributed by atoms with Gasteiger partial charge in [0.1, 0.15) is 11.5 Å². The number of hydrogen-bond donors (Lipinski definition) is 0. The van der Waals surface area contributed by atoms with Crippen molar-refractivity contribution in [1.29, 1.82) is 0 Å². The van der Waals surface area contributed by atoms with Crippen LogP contribution >= 0.6 is 10.3 Å². The first-order valence-electron chi connectivity index (χ1n) is 8.48. The van der Waals surface area contributed by atoms with Crippen molar-refractivity contribution in [2.75, 3.05) is 7.11 Å². The molecule has 1 aliphatic heterocycles. The third-order valence-corrected chi connectivity index (χ3v) is 7.23. The van der Waals surface area contributed by atoms with Gasteiger partial charge in [-0.1, -0.05) is 48.5 Å². The Morgan fingerprint density at radius 3 is 2.00 bits per heavy atom. The van der Waals surface area contributed by atoms with Gasteiger partial charge in [0, 0.05) is 15.4 Å². The predicted molar refractivity (Wildman–Crippen MR) is 108 cm³/mol. The van der Waals surface area contributed by atoms with Crippen LogP contribution in [0.4, 0.5) is 0 Å². The molecule has 0 aromatic heterocycles. The van der Waals surface area contributed by atoms with Crippen molar-refractivity contribution in [3.8, 4) is 5.75 Å². The minimum absolute atomic E-state index is 0.843. The second-order valence-corrected chi connectivity index (χ2v) is 8.48. The van der Waals surface area contributed by atoms with Crippen LogP contribution in [0.25, 0.3) is 5.76 Å². The monoisotopic (exact) mass is 360 g/mol. The number of benzene rings is 3. The van der Waals surface area contributed by atoms with Crippen LogP contribution in [0.5, 0.6) is 5.75 Å². The highest BCUT2D eigenvalue weighted by Gasteiger charge is 2.31. The molecule has 3 aromatic carbocycles. The number of methoxy groups -OCH3 is 1. The molecule has 0 bridgehead atoms. The van der Waals surface area contributed by atoms with Gasteiger partial charge in [0.15, 0.2) is 0 Å².